The van der Waals surface area contributed by atoms with Gasteiger partial charge < -0.3 is 10.5 Å². The maximum absolute atomic E-state index is 6.24. The van der Waals surface area contributed by atoms with Gasteiger partial charge in [0.15, 0.2) is 0 Å². The van der Waals surface area contributed by atoms with Crippen LogP contribution in [0.3, 0.4) is 0 Å². The van der Waals surface area contributed by atoms with Crippen molar-refractivity contribution in [2.75, 3.05) is 7.11 Å². The fourth-order valence-electron chi connectivity index (χ4n) is 2.58. The average molecular weight is 199 g/mol. The molecule has 0 heterocycles. The number of hydrogen-bond donors (Lipinski definition) is 1. The molecule has 0 spiro atoms. The van der Waals surface area contributed by atoms with Gasteiger partial charge in [-0.25, -0.2) is 0 Å². The quantitative estimate of drug-likeness (QED) is 0.668. The van der Waals surface area contributed by atoms with Crippen LogP contribution in [0.4, 0.5) is 0 Å². The molecule has 0 amide bonds. The van der Waals surface area contributed by atoms with Gasteiger partial charge in [-0.3, -0.25) is 0 Å². The van der Waals surface area contributed by atoms with Gasteiger partial charge in [0.25, 0.3) is 0 Å². The van der Waals surface area contributed by atoms with Crippen LogP contribution in [0.5, 0.6) is 0 Å². The molecule has 1 atom stereocenters. The number of methoxy groups -OCH3 is 1. The Morgan fingerprint density at radius 2 is 1.93 bits per heavy atom. The third-order valence-corrected chi connectivity index (χ3v) is 3.65. The molecule has 2 N–H and O–H groups in total. The molecule has 2 heteroatoms. The zero-order valence-electron chi connectivity index (χ0n) is 9.72. The SMILES string of the molecule is CCCCCC(N)C1(OC)CCCC1. The lowest BCUT2D eigenvalue weighted by molar-refractivity contribution is -0.0279. The van der Waals surface area contributed by atoms with E-state index in [1.165, 1.54) is 32.1 Å². The van der Waals surface area contributed by atoms with Crippen LogP contribution in [0.2, 0.25) is 0 Å². The van der Waals surface area contributed by atoms with Crippen LogP contribution in [-0.4, -0.2) is 18.8 Å². The minimum absolute atomic E-state index is 0.0216. The number of nitrogens with two attached hydrogens (primary N) is 1. The van der Waals surface area contributed by atoms with Crippen LogP contribution in [0.25, 0.3) is 0 Å². The molecule has 84 valence electrons. The molecule has 1 unspecified atom stereocenters. The van der Waals surface area contributed by atoms with Crippen molar-refractivity contribution < 1.29 is 4.74 Å². The molecule has 1 rings (SSSR count). The van der Waals surface area contributed by atoms with E-state index in [0.29, 0.717) is 0 Å². The van der Waals surface area contributed by atoms with Crippen LogP contribution in [-0.2, 0) is 4.74 Å². The van der Waals surface area contributed by atoms with Gasteiger partial charge in [-0.05, 0) is 19.3 Å². The second-order valence-electron chi connectivity index (χ2n) is 4.58. The minimum Gasteiger partial charge on any atom is -0.377 e. The lowest BCUT2D eigenvalue weighted by Crippen LogP contribution is -2.47. The van der Waals surface area contributed by atoms with E-state index in [2.05, 4.69) is 6.92 Å². The van der Waals surface area contributed by atoms with E-state index < -0.39 is 0 Å². The third kappa shape index (κ3) is 2.71. The van der Waals surface area contributed by atoms with Crippen LogP contribution >= 0.6 is 0 Å². The Bertz CT molecular complexity index is 152. The molecule has 1 saturated carbocycles. The highest BCUT2D eigenvalue weighted by Gasteiger charge is 2.38. The first-order valence-electron chi connectivity index (χ1n) is 6.06. The van der Waals surface area contributed by atoms with E-state index in [1.54, 1.807) is 0 Å². The average Bonchev–Trinajstić information content (AvgIpc) is 2.67. The Morgan fingerprint density at radius 3 is 2.43 bits per heavy atom. The molecule has 0 aromatic carbocycles. The summed E-state index contributed by atoms with van der Waals surface area (Å²) in [6.45, 7) is 2.23. The Kier molecular flexibility index (Phi) is 4.90. The molecular formula is C12H25NO. The highest BCUT2D eigenvalue weighted by atomic mass is 16.5. The topological polar surface area (TPSA) is 35.2 Å². The van der Waals surface area contributed by atoms with Gasteiger partial charge in [-0.15, -0.1) is 0 Å². The summed E-state index contributed by atoms with van der Waals surface area (Å²) in [6.07, 6.45) is 9.85. The van der Waals surface area contributed by atoms with Gasteiger partial charge in [0.1, 0.15) is 0 Å². The third-order valence-electron chi connectivity index (χ3n) is 3.65. The molecule has 0 saturated heterocycles. The summed E-state index contributed by atoms with van der Waals surface area (Å²) < 4.78 is 5.67. The predicted molar refractivity (Wildman–Crippen MR) is 60.3 cm³/mol. The summed E-state index contributed by atoms with van der Waals surface area (Å²) in [5.74, 6) is 0. The zero-order chi connectivity index (χ0) is 10.4. The highest BCUT2D eigenvalue weighted by Crippen LogP contribution is 2.36. The van der Waals surface area contributed by atoms with Crippen molar-refractivity contribution in [1.82, 2.24) is 0 Å². The number of ether oxygens (including phenoxy) is 1. The van der Waals surface area contributed by atoms with Gasteiger partial charge in [0.2, 0.25) is 0 Å². The Morgan fingerprint density at radius 1 is 1.29 bits per heavy atom. The van der Waals surface area contributed by atoms with E-state index >= 15 is 0 Å². The van der Waals surface area contributed by atoms with Gasteiger partial charge in [-0.2, -0.15) is 0 Å². The Hall–Kier alpha value is -0.0800. The first-order chi connectivity index (χ1) is 6.75. The molecule has 1 aliphatic rings. The lowest BCUT2D eigenvalue weighted by atomic mass is 9.89. The normalized spacial score (nSPS) is 22.5. The van der Waals surface area contributed by atoms with E-state index in [1.807, 2.05) is 7.11 Å². The summed E-state index contributed by atoms with van der Waals surface area (Å²) in [4.78, 5) is 0. The molecule has 2 nitrogen and oxygen atoms in total. The van der Waals surface area contributed by atoms with Crippen molar-refractivity contribution in [3.05, 3.63) is 0 Å². The van der Waals surface area contributed by atoms with Gasteiger partial charge in [0.05, 0.1) is 5.60 Å². The Balaban J connectivity index is 2.35. The molecule has 0 radical (unpaired) electrons. The zero-order valence-corrected chi connectivity index (χ0v) is 9.72. The molecule has 0 aliphatic heterocycles. The van der Waals surface area contributed by atoms with Crippen molar-refractivity contribution in [1.29, 1.82) is 0 Å². The maximum Gasteiger partial charge on any atom is 0.0828 e. The monoisotopic (exact) mass is 199 g/mol. The summed E-state index contributed by atoms with van der Waals surface area (Å²) >= 11 is 0. The fraction of sp³-hybridized carbons (Fsp3) is 1.00. The van der Waals surface area contributed by atoms with Crippen molar-refractivity contribution in [2.24, 2.45) is 5.73 Å². The number of unbranched alkanes of at least 4 members (excludes halogenated alkanes) is 2. The van der Waals surface area contributed by atoms with Crippen molar-refractivity contribution in [3.8, 4) is 0 Å². The molecule has 0 bridgehead atoms. The lowest BCUT2D eigenvalue weighted by Gasteiger charge is -2.34. The molecule has 1 fully saturated rings. The van der Waals surface area contributed by atoms with Gasteiger partial charge in [-0.1, -0.05) is 39.0 Å². The van der Waals surface area contributed by atoms with E-state index in [0.717, 1.165) is 19.3 Å². The largest absolute Gasteiger partial charge is 0.377 e. The second-order valence-corrected chi connectivity index (χ2v) is 4.58. The van der Waals surface area contributed by atoms with E-state index in [9.17, 15) is 0 Å². The van der Waals surface area contributed by atoms with Gasteiger partial charge in [0, 0.05) is 13.2 Å². The van der Waals surface area contributed by atoms with Crippen molar-refractivity contribution in [3.63, 3.8) is 0 Å². The van der Waals surface area contributed by atoms with Crippen molar-refractivity contribution >= 4 is 0 Å². The fourth-order valence-corrected chi connectivity index (χ4v) is 2.58. The van der Waals surface area contributed by atoms with E-state index in [4.69, 9.17) is 10.5 Å². The highest BCUT2D eigenvalue weighted by molar-refractivity contribution is 4.94. The molecule has 1 aliphatic carbocycles. The maximum atomic E-state index is 6.24. The van der Waals surface area contributed by atoms with Crippen LogP contribution in [0.1, 0.15) is 58.3 Å². The minimum atomic E-state index is 0.0216. The summed E-state index contributed by atoms with van der Waals surface area (Å²) in [6, 6.07) is 0.251. The predicted octanol–water partition coefficient (Wildman–Crippen LogP) is 2.85. The first-order valence-corrected chi connectivity index (χ1v) is 6.06. The second kappa shape index (κ2) is 5.72. The smallest absolute Gasteiger partial charge is 0.0828 e. The molecular weight excluding hydrogens is 174 g/mol. The molecule has 0 aromatic heterocycles. The van der Waals surface area contributed by atoms with Crippen LogP contribution < -0.4 is 5.73 Å². The standard InChI is InChI=1S/C12H25NO/c1-3-4-5-8-11(13)12(14-2)9-6-7-10-12/h11H,3-10,13H2,1-2H3. The Labute approximate surface area is 88.2 Å². The summed E-state index contributed by atoms with van der Waals surface area (Å²) in [7, 11) is 1.82. The number of rotatable bonds is 6. The van der Waals surface area contributed by atoms with E-state index in [-0.39, 0.29) is 11.6 Å². The summed E-state index contributed by atoms with van der Waals surface area (Å²) in [5, 5.41) is 0. The molecule has 14 heavy (non-hydrogen) atoms. The first kappa shape index (κ1) is 12.0. The molecule has 0 aromatic rings. The van der Waals surface area contributed by atoms with Crippen molar-refractivity contribution in [2.45, 2.75) is 69.9 Å². The number of hydrogen-bond acceptors (Lipinski definition) is 2. The summed E-state index contributed by atoms with van der Waals surface area (Å²) in [5.41, 5.74) is 6.26. The van der Waals surface area contributed by atoms with Gasteiger partial charge >= 0.3 is 0 Å². The van der Waals surface area contributed by atoms with Crippen LogP contribution in [0.15, 0.2) is 0 Å². The van der Waals surface area contributed by atoms with Crippen LogP contribution in [0, 0.1) is 0 Å².